The molecule has 0 radical (unpaired) electrons. The highest BCUT2D eigenvalue weighted by Gasteiger charge is 2.06. The zero-order chi connectivity index (χ0) is 16.9. The molecular formula is C17H30IN3O2S. The van der Waals surface area contributed by atoms with Gasteiger partial charge in [-0.15, -0.1) is 35.3 Å². The van der Waals surface area contributed by atoms with Crippen LogP contribution < -0.4 is 10.6 Å². The maximum Gasteiger partial charge on any atom is 0.305 e. The first-order valence-electron chi connectivity index (χ1n) is 8.29. The molecule has 0 fully saturated rings. The molecule has 7 heteroatoms. The second kappa shape index (κ2) is 14.5. The number of hydrogen-bond acceptors (Lipinski definition) is 4. The summed E-state index contributed by atoms with van der Waals surface area (Å²) in [6.07, 6.45) is 3.40. The van der Waals surface area contributed by atoms with Crippen LogP contribution in [0.2, 0.25) is 0 Å². The topological polar surface area (TPSA) is 62.7 Å². The number of thiophene rings is 1. The van der Waals surface area contributed by atoms with Gasteiger partial charge in [-0.25, -0.2) is 0 Å². The molecule has 0 amide bonds. The van der Waals surface area contributed by atoms with E-state index in [9.17, 15) is 4.79 Å². The van der Waals surface area contributed by atoms with Gasteiger partial charge in [0.1, 0.15) is 0 Å². The van der Waals surface area contributed by atoms with Gasteiger partial charge in [0, 0.05) is 30.3 Å². The highest BCUT2D eigenvalue weighted by atomic mass is 127. The summed E-state index contributed by atoms with van der Waals surface area (Å²) in [6, 6.07) is 4.24. The molecule has 1 aromatic rings. The molecule has 0 spiro atoms. The normalized spacial score (nSPS) is 12.2. The quantitative estimate of drug-likeness (QED) is 0.181. The van der Waals surface area contributed by atoms with Crippen LogP contribution in [0.5, 0.6) is 0 Å². The van der Waals surface area contributed by atoms with Crippen LogP contribution in [-0.4, -0.2) is 38.7 Å². The number of aliphatic imine (C=N–C) groups is 1. The lowest BCUT2D eigenvalue weighted by Gasteiger charge is -2.13. The van der Waals surface area contributed by atoms with Crippen molar-refractivity contribution in [3.63, 3.8) is 0 Å². The van der Waals surface area contributed by atoms with Crippen LogP contribution >= 0.6 is 35.3 Å². The molecule has 0 aliphatic carbocycles. The van der Waals surface area contributed by atoms with Crippen molar-refractivity contribution < 1.29 is 9.53 Å². The SMILES string of the molecule is CCNC(=NCC(C)c1cccs1)NCCCCCC(=O)OC.I. The molecule has 138 valence electrons. The van der Waals surface area contributed by atoms with Gasteiger partial charge in [-0.05, 0) is 31.2 Å². The summed E-state index contributed by atoms with van der Waals surface area (Å²) in [5.74, 6) is 1.17. The van der Waals surface area contributed by atoms with E-state index in [1.54, 1.807) is 11.3 Å². The van der Waals surface area contributed by atoms with Crippen LogP contribution in [0.25, 0.3) is 0 Å². The fourth-order valence-electron chi connectivity index (χ4n) is 2.11. The van der Waals surface area contributed by atoms with Crippen molar-refractivity contribution >= 4 is 47.2 Å². The number of methoxy groups -OCH3 is 1. The molecule has 1 aromatic heterocycles. The van der Waals surface area contributed by atoms with Gasteiger partial charge in [0.15, 0.2) is 5.96 Å². The van der Waals surface area contributed by atoms with Crippen molar-refractivity contribution in [3.8, 4) is 0 Å². The molecular weight excluding hydrogens is 437 g/mol. The maximum absolute atomic E-state index is 11.0. The number of ether oxygens (including phenoxy) is 1. The second-order valence-electron chi connectivity index (χ2n) is 5.45. The van der Waals surface area contributed by atoms with Gasteiger partial charge in [-0.3, -0.25) is 9.79 Å². The lowest BCUT2D eigenvalue weighted by Crippen LogP contribution is -2.38. The number of hydrogen-bond donors (Lipinski definition) is 2. The van der Waals surface area contributed by atoms with E-state index in [2.05, 4.69) is 51.7 Å². The Morgan fingerprint density at radius 2 is 2.12 bits per heavy atom. The van der Waals surface area contributed by atoms with Crippen molar-refractivity contribution in [2.24, 2.45) is 4.99 Å². The molecule has 0 saturated carbocycles. The Labute approximate surface area is 166 Å². The fraction of sp³-hybridized carbons (Fsp3) is 0.647. The number of halogens is 1. The molecule has 24 heavy (non-hydrogen) atoms. The predicted octanol–water partition coefficient (Wildman–Crippen LogP) is 3.76. The van der Waals surface area contributed by atoms with Crippen LogP contribution in [0.3, 0.4) is 0 Å². The smallest absolute Gasteiger partial charge is 0.305 e. The van der Waals surface area contributed by atoms with Crippen molar-refractivity contribution in [1.29, 1.82) is 0 Å². The number of esters is 1. The van der Waals surface area contributed by atoms with Gasteiger partial charge in [0.25, 0.3) is 0 Å². The van der Waals surface area contributed by atoms with Crippen molar-refractivity contribution in [2.45, 2.75) is 45.4 Å². The number of unbranched alkanes of at least 4 members (excludes halogenated alkanes) is 2. The Balaban J connectivity index is 0.00000529. The van der Waals surface area contributed by atoms with E-state index in [0.717, 1.165) is 44.9 Å². The predicted molar refractivity (Wildman–Crippen MR) is 113 cm³/mol. The lowest BCUT2D eigenvalue weighted by molar-refractivity contribution is -0.140. The van der Waals surface area contributed by atoms with E-state index >= 15 is 0 Å². The Morgan fingerprint density at radius 3 is 2.75 bits per heavy atom. The largest absolute Gasteiger partial charge is 0.469 e. The van der Waals surface area contributed by atoms with E-state index in [1.807, 2.05) is 0 Å². The van der Waals surface area contributed by atoms with Gasteiger partial charge in [-0.2, -0.15) is 0 Å². The third kappa shape index (κ3) is 10.1. The van der Waals surface area contributed by atoms with Gasteiger partial charge in [-0.1, -0.05) is 19.4 Å². The average molecular weight is 467 g/mol. The van der Waals surface area contributed by atoms with Gasteiger partial charge >= 0.3 is 5.97 Å². The third-order valence-electron chi connectivity index (χ3n) is 3.47. The van der Waals surface area contributed by atoms with E-state index < -0.39 is 0 Å². The standard InChI is InChI=1S/C17H29N3O2S.HI/c1-4-18-17(19-11-7-5-6-10-16(21)22-3)20-13-14(2)15-9-8-12-23-15;/h8-9,12,14H,4-7,10-11,13H2,1-3H3,(H2,18,19,20);1H. The highest BCUT2D eigenvalue weighted by Crippen LogP contribution is 2.20. The number of carbonyl (C=O) groups is 1. The average Bonchev–Trinajstić information content (AvgIpc) is 3.09. The minimum atomic E-state index is -0.129. The van der Waals surface area contributed by atoms with E-state index in [-0.39, 0.29) is 29.9 Å². The van der Waals surface area contributed by atoms with E-state index in [1.165, 1.54) is 12.0 Å². The molecule has 1 atom stereocenters. The van der Waals surface area contributed by atoms with E-state index in [0.29, 0.717) is 12.3 Å². The minimum absolute atomic E-state index is 0. The summed E-state index contributed by atoms with van der Waals surface area (Å²) < 4.78 is 4.63. The summed E-state index contributed by atoms with van der Waals surface area (Å²) in [6.45, 7) is 6.75. The first kappa shape index (κ1) is 23.2. The summed E-state index contributed by atoms with van der Waals surface area (Å²) >= 11 is 1.78. The van der Waals surface area contributed by atoms with E-state index in [4.69, 9.17) is 0 Å². The number of nitrogens with zero attached hydrogens (tertiary/aromatic N) is 1. The Kier molecular flexibility index (Phi) is 14.0. The third-order valence-corrected chi connectivity index (χ3v) is 4.58. The van der Waals surface area contributed by atoms with Gasteiger partial charge in [0.05, 0.1) is 13.7 Å². The first-order chi connectivity index (χ1) is 11.2. The molecule has 0 aromatic carbocycles. The highest BCUT2D eigenvalue weighted by molar-refractivity contribution is 14.0. The van der Waals surface area contributed by atoms with Crippen LogP contribution in [0.15, 0.2) is 22.5 Å². The van der Waals surface area contributed by atoms with Crippen LogP contribution in [0.4, 0.5) is 0 Å². The molecule has 0 saturated heterocycles. The zero-order valence-corrected chi connectivity index (χ0v) is 18.0. The Morgan fingerprint density at radius 1 is 1.33 bits per heavy atom. The molecule has 1 heterocycles. The molecule has 2 N–H and O–H groups in total. The molecule has 0 aliphatic rings. The van der Waals surface area contributed by atoms with Gasteiger partial charge in [0.2, 0.25) is 0 Å². The Bertz CT molecular complexity index is 466. The maximum atomic E-state index is 11.0. The number of carbonyl (C=O) groups excluding carboxylic acids is 1. The van der Waals surface area contributed by atoms with Crippen LogP contribution in [0.1, 0.15) is 50.3 Å². The van der Waals surface area contributed by atoms with Crippen molar-refractivity contribution in [1.82, 2.24) is 10.6 Å². The summed E-state index contributed by atoms with van der Waals surface area (Å²) in [5, 5.41) is 8.72. The van der Waals surface area contributed by atoms with Crippen molar-refractivity contribution in [2.75, 3.05) is 26.7 Å². The summed E-state index contributed by atoms with van der Waals surface area (Å²) in [7, 11) is 1.43. The summed E-state index contributed by atoms with van der Waals surface area (Å²) in [4.78, 5) is 17.0. The molecule has 0 aliphatic heterocycles. The van der Waals surface area contributed by atoms with Gasteiger partial charge < -0.3 is 15.4 Å². The fourth-order valence-corrected chi connectivity index (χ4v) is 2.89. The first-order valence-corrected chi connectivity index (χ1v) is 9.17. The molecule has 0 bridgehead atoms. The molecule has 1 unspecified atom stereocenters. The second-order valence-corrected chi connectivity index (χ2v) is 6.43. The number of guanidine groups is 1. The number of rotatable bonds is 10. The van der Waals surface area contributed by atoms with Crippen molar-refractivity contribution in [3.05, 3.63) is 22.4 Å². The zero-order valence-electron chi connectivity index (χ0n) is 14.8. The molecule has 5 nitrogen and oxygen atoms in total. The lowest BCUT2D eigenvalue weighted by atomic mass is 10.1. The number of nitrogens with one attached hydrogen (secondary N) is 2. The monoisotopic (exact) mass is 467 g/mol. The molecule has 1 rings (SSSR count). The summed E-state index contributed by atoms with van der Waals surface area (Å²) in [5.41, 5.74) is 0. The van der Waals surface area contributed by atoms with Crippen LogP contribution in [-0.2, 0) is 9.53 Å². The van der Waals surface area contributed by atoms with Crippen LogP contribution in [0, 0.1) is 0 Å². The minimum Gasteiger partial charge on any atom is -0.469 e. The Hall–Kier alpha value is -0.830.